The first-order valence-corrected chi connectivity index (χ1v) is 9.95. The van der Waals surface area contributed by atoms with Crippen LogP contribution in [0.1, 0.15) is 15.9 Å². The van der Waals surface area contributed by atoms with E-state index in [0.717, 1.165) is 11.1 Å². The van der Waals surface area contributed by atoms with Crippen LogP contribution in [0.25, 0.3) is 11.1 Å². The largest absolute Gasteiger partial charge is 0.378 e. The summed E-state index contributed by atoms with van der Waals surface area (Å²) in [4.78, 5) is 14.9. The standard InChI is InChI=1S/C19H20N2O4S/c1-13-11-14(19(22)21-7-9-25-10-8-21)12-16-15-5-3-4-6-17(15)26(23,24)20(2)18(13)16/h3-6,11-12H,7-10H2,1-2H3. The number of aryl methyl sites for hydroxylation is 1. The summed E-state index contributed by atoms with van der Waals surface area (Å²) in [6.07, 6.45) is 0. The molecule has 1 amide bonds. The molecule has 136 valence electrons. The third kappa shape index (κ3) is 2.50. The van der Waals surface area contributed by atoms with Crippen molar-refractivity contribution in [3.05, 3.63) is 47.5 Å². The number of ether oxygens (including phenoxy) is 1. The number of nitrogens with zero attached hydrogens (tertiary/aromatic N) is 2. The second-order valence-corrected chi connectivity index (χ2v) is 8.50. The van der Waals surface area contributed by atoms with Crippen molar-refractivity contribution in [1.29, 1.82) is 0 Å². The predicted octanol–water partition coefficient (Wildman–Crippen LogP) is 2.27. The number of benzene rings is 2. The SMILES string of the molecule is Cc1cc(C(=O)N2CCOCC2)cc2c1N(C)S(=O)(=O)c1ccccc1-2. The van der Waals surface area contributed by atoms with E-state index in [0.29, 0.717) is 43.1 Å². The maximum atomic E-state index is 12.9. The summed E-state index contributed by atoms with van der Waals surface area (Å²) < 4.78 is 32.3. The predicted molar refractivity (Wildman–Crippen MR) is 98.9 cm³/mol. The Morgan fingerprint density at radius 1 is 1.08 bits per heavy atom. The smallest absolute Gasteiger partial charge is 0.264 e. The van der Waals surface area contributed by atoms with Gasteiger partial charge in [0, 0.05) is 36.8 Å². The van der Waals surface area contributed by atoms with Gasteiger partial charge in [0.25, 0.3) is 15.9 Å². The van der Waals surface area contributed by atoms with Crippen molar-refractivity contribution < 1.29 is 17.9 Å². The van der Waals surface area contributed by atoms with Crippen LogP contribution in [0.15, 0.2) is 41.3 Å². The molecule has 2 heterocycles. The van der Waals surface area contributed by atoms with Crippen molar-refractivity contribution in [1.82, 2.24) is 4.90 Å². The van der Waals surface area contributed by atoms with Gasteiger partial charge in [-0.05, 0) is 30.7 Å². The second kappa shape index (κ2) is 6.10. The Balaban J connectivity index is 1.88. The summed E-state index contributed by atoms with van der Waals surface area (Å²) in [5, 5.41) is 0. The molecular formula is C19H20N2O4S. The average molecular weight is 372 g/mol. The zero-order valence-corrected chi connectivity index (χ0v) is 15.5. The number of carbonyl (C=O) groups is 1. The molecule has 0 unspecified atom stereocenters. The molecule has 2 aromatic carbocycles. The topological polar surface area (TPSA) is 66.9 Å². The van der Waals surface area contributed by atoms with Gasteiger partial charge in [-0.3, -0.25) is 9.10 Å². The van der Waals surface area contributed by atoms with E-state index in [-0.39, 0.29) is 10.8 Å². The number of fused-ring (bicyclic) bond motifs is 3. The van der Waals surface area contributed by atoms with Crippen molar-refractivity contribution in [2.75, 3.05) is 37.7 Å². The first kappa shape index (κ1) is 17.1. The Labute approximate surface area is 153 Å². The Bertz CT molecular complexity index is 995. The summed E-state index contributed by atoms with van der Waals surface area (Å²) in [5.41, 5.74) is 3.38. The molecule has 26 heavy (non-hydrogen) atoms. The quantitative estimate of drug-likeness (QED) is 0.770. The molecule has 1 saturated heterocycles. The number of hydrogen-bond donors (Lipinski definition) is 0. The van der Waals surface area contributed by atoms with Gasteiger partial charge < -0.3 is 9.64 Å². The van der Waals surface area contributed by atoms with Gasteiger partial charge >= 0.3 is 0 Å². The first-order valence-electron chi connectivity index (χ1n) is 8.51. The number of anilines is 1. The molecule has 0 N–H and O–H groups in total. The average Bonchev–Trinajstić information content (AvgIpc) is 2.66. The number of rotatable bonds is 1. The summed E-state index contributed by atoms with van der Waals surface area (Å²) in [6, 6.07) is 10.5. The Hall–Kier alpha value is -2.38. The molecule has 2 aliphatic heterocycles. The normalized spacial score (nSPS) is 18.2. The van der Waals surface area contributed by atoms with Crippen LogP contribution in [-0.4, -0.2) is 52.6 Å². The Morgan fingerprint density at radius 3 is 2.50 bits per heavy atom. The minimum absolute atomic E-state index is 0.0484. The fourth-order valence-electron chi connectivity index (χ4n) is 3.66. The van der Waals surface area contributed by atoms with E-state index in [4.69, 9.17) is 4.74 Å². The third-order valence-electron chi connectivity index (χ3n) is 4.98. The van der Waals surface area contributed by atoms with Crippen LogP contribution in [-0.2, 0) is 14.8 Å². The molecule has 0 atom stereocenters. The summed E-state index contributed by atoms with van der Waals surface area (Å²) in [5.74, 6) is -0.0484. The van der Waals surface area contributed by atoms with Gasteiger partial charge in [-0.25, -0.2) is 8.42 Å². The molecule has 6 nitrogen and oxygen atoms in total. The van der Waals surface area contributed by atoms with Gasteiger partial charge in [0.2, 0.25) is 0 Å². The Kier molecular flexibility index (Phi) is 4.00. The molecule has 0 saturated carbocycles. The van der Waals surface area contributed by atoms with E-state index in [1.165, 1.54) is 4.31 Å². The van der Waals surface area contributed by atoms with Gasteiger partial charge in [0.15, 0.2) is 0 Å². The van der Waals surface area contributed by atoms with Crippen molar-refractivity contribution >= 4 is 21.6 Å². The highest BCUT2D eigenvalue weighted by molar-refractivity contribution is 7.93. The summed E-state index contributed by atoms with van der Waals surface area (Å²) in [7, 11) is -2.03. The van der Waals surface area contributed by atoms with E-state index in [1.54, 1.807) is 36.2 Å². The second-order valence-electron chi connectivity index (χ2n) is 6.56. The van der Waals surface area contributed by atoms with Crippen molar-refractivity contribution in [2.45, 2.75) is 11.8 Å². The minimum atomic E-state index is -3.59. The highest BCUT2D eigenvalue weighted by Gasteiger charge is 2.34. The molecule has 2 aromatic rings. The van der Waals surface area contributed by atoms with Crippen LogP contribution in [0, 0.1) is 6.92 Å². The molecule has 0 aromatic heterocycles. The molecule has 0 spiro atoms. The highest BCUT2D eigenvalue weighted by Crippen LogP contribution is 2.44. The lowest BCUT2D eigenvalue weighted by Crippen LogP contribution is -2.40. The molecule has 2 aliphatic rings. The van der Waals surface area contributed by atoms with E-state index in [1.807, 2.05) is 19.1 Å². The molecule has 0 bridgehead atoms. The van der Waals surface area contributed by atoms with Crippen LogP contribution < -0.4 is 4.31 Å². The highest BCUT2D eigenvalue weighted by atomic mass is 32.2. The fraction of sp³-hybridized carbons (Fsp3) is 0.316. The number of carbonyl (C=O) groups excluding carboxylic acids is 1. The number of morpholine rings is 1. The van der Waals surface area contributed by atoms with Crippen LogP contribution in [0.4, 0.5) is 5.69 Å². The van der Waals surface area contributed by atoms with Gasteiger partial charge in [-0.15, -0.1) is 0 Å². The monoisotopic (exact) mass is 372 g/mol. The molecule has 7 heteroatoms. The van der Waals surface area contributed by atoms with E-state index < -0.39 is 10.0 Å². The lowest BCUT2D eigenvalue weighted by atomic mass is 9.96. The van der Waals surface area contributed by atoms with Gasteiger partial charge in [0.05, 0.1) is 23.8 Å². The molecule has 1 fully saturated rings. The lowest BCUT2D eigenvalue weighted by molar-refractivity contribution is 0.0303. The maximum Gasteiger partial charge on any atom is 0.264 e. The van der Waals surface area contributed by atoms with Crippen LogP contribution in [0.2, 0.25) is 0 Å². The van der Waals surface area contributed by atoms with E-state index in [2.05, 4.69) is 0 Å². The van der Waals surface area contributed by atoms with Gasteiger partial charge in [-0.2, -0.15) is 0 Å². The number of sulfonamides is 1. The molecule has 4 rings (SSSR count). The van der Waals surface area contributed by atoms with Crippen molar-refractivity contribution in [2.24, 2.45) is 0 Å². The van der Waals surface area contributed by atoms with Gasteiger partial charge in [-0.1, -0.05) is 18.2 Å². The van der Waals surface area contributed by atoms with E-state index >= 15 is 0 Å². The number of hydrogen-bond acceptors (Lipinski definition) is 4. The van der Waals surface area contributed by atoms with Crippen LogP contribution >= 0.6 is 0 Å². The molecular weight excluding hydrogens is 352 g/mol. The van der Waals surface area contributed by atoms with Crippen LogP contribution in [0.3, 0.4) is 0 Å². The van der Waals surface area contributed by atoms with Gasteiger partial charge in [0.1, 0.15) is 0 Å². The van der Waals surface area contributed by atoms with Crippen molar-refractivity contribution in [3.63, 3.8) is 0 Å². The van der Waals surface area contributed by atoms with E-state index in [9.17, 15) is 13.2 Å². The first-order chi connectivity index (χ1) is 12.4. The Morgan fingerprint density at radius 2 is 1.77 bits per heavy atom. The minimum Gasteiger partial charge on any atom is -0.378 e. The van der Waals surface area contributed by atoms with Crippen molar-refractivity contribution in [3.8, 4) is 11.1 Å². The molecule has 0 radical (unpaired) electrons. The van der Waals surface area contributed by atoms with Crippen LogP contribution in [0.5, 0.6) is 0 Å². The fourth-order valence-corrected chi connectivity index (χ4v) is 5.14. The summed E-state index contributed by atoms with van der Waals surface area (Å²) >= 11 is 0. The third-order valence-corrected chi connectivity index (χ3v) is 6.79. The molecule has 0 aliphatic carbocycles. The zero-order chi connectivity index (χ0) is 18.5. The lowest BCUT2D eigenvalue weighted by Gasteiger charge is -2.32. The number of amides is 1. The summed E-state index contributed by atoms with van der Waals surface area (Å²) in [6.45, 7) is 4.06. The maximum absolute atomic E-state index is 12.9. The zero-order valence-electron chi connectivity index (χ0n) is 14.7.